The lowest BCUT2D eigenvalue weighted by Crippen LogP contribution is -2.38. The highest BCUT2D eigenvalue weighted by molar-refractivity contribution is 7.14. The third-order valence-electron chi connectivity index (χ3n) is 5.02. The third kappa shape index (κ3) is 2.99. The molecule has 0 spiro atoms. The molecule has 116 valence electrons. The summed E-state index contributed by atoms with van der Waals surface area (Å²) in [5, 5.41) is 3.65. The van der Waals surface area contributed by atoms with Gasteiger partial charge in [-0.1, -0.05) is 0 Å². The summed E-state index contributed by atoms with van der Waals surface area (Å²) in [7, 11) is 0. The average molecular weight is 327 g/mol. The molecule has 5 heteroatoms. The molecule has 2 atom stereocenters. The van der Waals surface area contributed by atoms with Gasteiger partial charge in [-0.15, -0.1) is 23.7 Å². The van der Waals surface area contributed by atoms with Gasteiger partial charge in [0.25, 0.3) is 5.91 Å². The molecule has 1 aliphatic carbocycles. The Labute approximate surface area is 136 Å². The predicted molar refractivity (Wildman–Crippen MR) is 88.7 cm³/mol. The monoisotopic (exact) mass is 326 g/mol. The van der Waals surface area contributed by atoms with Crippen molar-refractivity contribution < 1.29 is 4.79 Å². The van der Waals surface area contributed by atoms with Gasteiger partial charge in [0.1, 0.15) is 0 Å². The van der Waals surface area contributed by atoms with E-state index in [1.165, 1.54) is 49.0 Å². The summed E-state index contributed by atoms with van der Waals surface area (Å²) in [5.74, 6) is 0.277. The molecule has 2 aliphatic heterocycles. The van der Waals surface area contributed by atoms with Crippen LogP contribution in [-0.2, 0) is 12.8 Å². The molecule has 21 heavy (non-hydrogen) atoms. The summed E-state index contributed by atoms with van der Waals surface area (Å²) < 4.78 is 0. The van der Waals surface area contributed by atoms with Crippen molar-refractivity contribution in [3.8, 4) is 0 Å². The molecule has 2 unspecified atom stereocenters. The molecule has 4 rings (SSSR count). The van der Waals surface area contributed by atoms with E-state index >= 15 is 0 Å². The molecule has 2 fully saturated rings. The lowest BCUT2D eigenvalue weighted by atomic mass is 9.99. The van der Waals surface area contributed by atoms with E-state index in [1.807, 2.05) is 0 Å². The molecule has 0 saturated carbocycles. The molecule has 0 radical (unpaired) electrons. The van der Waals surface area contributed by atoms with Crippen LogP contribution in [0.2, 0.25) is 0 Å². The van der Waals surface area contributed by atoms with Crippen LogP contribution in [-0.4, -0.2) is 36.0 Å². The second-order valence-electron chi connectivity index (χ2n) is 6.44. The van der Waals surface area contributed by atoms with Crippen LogP contribution >= 0.6 is 23.7 Å². The first-order valence-electron chi connectivity index (χ1n) is 7.96. The quantitative estimate of drug-likeness (QED) is 0.860. The fraction of sp³-hybridized carbons (Fsp3) is 0.688. The maximum absolute atomic E-state index is 12.8. The van der Waals surface area contributed by atoms with E-state index in [1.54, 1.807) is 11.3 Å². The highest BCUT2D eigenvalue weighted by Gasteiger charge is 2.32. The minimum absolute atomic E-state index is 0. The number of hydrogen-bond acceptors (Lipinski definition) is 3. The highest BCUT2D eigenvalue weighted by atomic mass is 35.5. The molecular formula is C16H23ClN2OS. The summed E-state index contributed by atoms with van der Waals surface area (Å²) in [4.78, 5) is 17.3. The summed E-state index contributed by atoms with van der Waals surface area (Å²) in [6.45, 7) is 1.83. The Kier molecular flexibility index (Phi) is 4.57. The number of amides is 1. The lowest BCUT2D eigenvalue weighted by molar-refractivity contribution is 0.0753. The maximum Gasteiger partial charge on any atom is 0.263 e. The minimum Gasteiger partial charge on any atom is -0.336 e. The van der Waals surface area contributed by atoms with Gasteiger partial charge in [-0.2, -0.15) is 0 Å². The van der Waals surface area contributed by atoms with Crippen molar-refractivity contribution in [3.63, 3.8) is 0 Å². The Bertz CT molecular complexity index is 507. The van der Waals surface area contributed by atoms with Crippen molar-refractivity contribution in [1.82, 2.24) is 10.2 Å². The molecule has 3 heterocycles. The Balaban J connectivity index is 0.00000132. The Hall–Kier alpha value is -0.580. The molecule has 2 bridgehead atoms. The van der Waals surface area contributed by atoms with E-state index in [2.05, 4.69) is 16.3 Å². The number of hydrogen-bond donors (Lipinski definition) is 1. The maximum atomic E-state index is 12.8. The number of likely N-dealkylation sites (tertiary alicyclic amines) is 1. The first kappa shape index (κ1) is 15.3. The Morgan fingerprint density at radius 3 is 2.86 bits per heavy atom. The van der Waals surface area contributed by atoms with Crippen LogP contribution in [0.25, 0.3) is 0 Å². The van der Waals surface area contributed by atoms with Crippen LogP contribution in [0.3, 0.4) is 0 Å². The van der Waals surface area contributed by atoms with E-state index in [4.69, 9.17) is 0 Å². The smallest absolute Gasteiger partial charge is 0.263 e. The normalized spacial score (nSPS) is 27.7. The molecule has 0 aromatic carbocycles. The topological polar surface area (TPSA) is 32.3 Å². The second kappa shape index (κ2) is 6.27. The SMILES string of the molecule is Cl.O=C(c1cc2c(s1)CCCC2)N1CCC2CCC(C1)N2. The van der Waals surface area contributed by atoms with E-state index in [0.717, 1.165) is 24.4 Å². The van der Waals surface area contributed by atoms with Gasteiger partial charge in [-0.3, -0.25) is 4.79 Å². The average Bonchev–Trinajstić information content (AvgIpc) is 3.01. The van der Waals surface area contributed by atoms with Gasteiger partial charge in [-0.25, -0.2) is 0 Å². The van der Waals surface area contributed by atoms with Gasteiger partial charge in [-0.05, 0) is 56.6 Å². The second-order valence-corrected chi connectivity index (χ2v) is 7.58. The molecule has 1 amide bonds. The number of aryl methyl sites for hydroxylation is 2. The van der Waals surface area contributed by atoms with Crippen LogP contribution in [0.15, 0.2) is 6.07 Å². The van der Waals surface area contributed by atoms with Crippen LogP contribution in [0, 0.1) is 0 Å². The number of rotatable bonds is 1. The number of halogens is 1. The summed E-state index contributed by atoms with van der Waals surface area (Å²) >= 11 is 1.75. The van der Waals surface area contributed by atoms with Crippen molar-refractivity contribution in [2.75, 3.05) is 13.1 Å². The van der Waals surface area contributed by atoms with Crippen LogP contribution in [0.1, 0.15) is 52.2 Å². The van der Waals surface area contributed by atoms with Crippen molar-refractivity contribution in [1.29, 1.82) is 0 Å². The van der Waals surface area contributed by atoms with Crippen LogP contribution in [0.5, 0.6) is 0 Å². The Morgan fingerprint density at radius 1 is 1.19 bits per heavy atom. The number of fused-ring (bicyclic) bond motifs is 3. The van der Waals surface area contributed by atoms with E-state index in [-0.39, 0.29) is 18.3 Å². The van der Waals surface area contributed by atoms with Gasteiger partial charge in [0.2, 0.25) is 0 Å². The van der Waals surface area contributed by atoms with Crippen molar-refractivity contribution in [3.05, 3.63) is 21.4 Å². The molecule has 2 saturated heterocycles. The van der Waals surface area contributed by atoms with Crippen LogP contribution in [0.4, 0.5) is 0 Å². The Morgan fingerprint density at radius 2 is 2.00 bits per heavy atom. The fourth-order valence-corrected chi connectivity index (χ4v) is 5.10. The largest absolute Gasteiger partial charge is 0.336 e. The first-order chi connectivity index (χ1) is 9.79. The van der Waals surface area contributed by atoms with E-state index < -0.39 is 0 Å². The number of thiophene rings is 1. The van der Waals surface area contributed by atoms with Crippen molar-refractivity contribution >= 4 is 29.7 Å². The molecule has 3 aliphatic rings. The molecular weight excluding hydrogens is 304 g/mol. The fourth-order valence-electron chi connectivity index (χ4n) is 3.88. The third-order valence-corrected chi connectivity index (χ3v) is 6.24. The molecule has 1 aromatic rings. The predicted octanol–water partition coefficient (Wildman–Crippen LogP) is 3.02. The zero-order valence-corrected chi connectivity index (χ0v) is 13.9. The molecule has 3 nitrogen and oxygen atoms in total. The first-order valence-corrected chi connectivity index (χ1v) is 8.78. The van der Waals surface area contributed by atoms with Crippen LogP contribution < -0.4 is 5.32 Å². The number of nitrogens with one attached hydrogen (secondary N) is 1. The lowest BCUT2D eigenvalue weighted by Gasteiger charge is -2.23. The number of carbonyl (C=O) groups is 1. The zero-order valence-electron chi connectivity index (χ0n) is 12.3. The molecule has 1 N–H and O–H groups in total. The zero-order chi connectivity index (χ0) is 13.5. The minimum atomic E-state index is 0. The van der Waals surface area contributed by atoms with E-state index in [0.29, 0.717) is 12.1 Å². The standard InChI is InChI=1S/C16H22N2OS.ClH/c19-16(15-9-11-3-1-2-4-14(11)20-15)18-8-7-12-5-6-13(10-18)17-12;/h9,12-13,17H,1-8,10H2;1H. The van der Waals surface area contributed by atoms with Gasteiger partial charge >= 0.3 is 0 Å². The van der Waals surface area contributed by atoms with Gasteiger partial charge in [0.05, 0.1) is 4.88 Å². The van der Waals surface area contributed by atoms with E-state index in [9.17, 15) is 4.79 Å². The van der Waals surface area contributed by atoms with Crippen molar-refractivity contribution in [2.24, 2.45) is 0 Å². The number of nitrogens with zero attached hydrogens (tertiary/aromatic N) is 1. The van der Waals surface area contributed by atoms with Gasteiger partial charge < -0.3 is 10.2 Å². The summed E-state index contributed by atoms with van der Waals surface area (Å²) in [6, 6.07) is 3.35. The summed E-state index contributed by atoms with van der Waals surface area (Å²) in [5.41, 5.74) is 1.44. The number of carbonyl (C=O) groups excluding carboxylic acids is 1. The van der Waals surface area contributed by atoms with Gasteiger partial charge in [0, 0.05) is 30.1 Å². The highest BCUT2D eigenvalue weighted by Crippen LogP contribution is 2.31. The van der Waals surface area contributed by atoms with Crippen molar-refractivity contribution in [2.45, 2.75) is 57.0 Å². The summed E-state index contributed by atoms with van der Waals surface area (Å²) in [6.07, 6.45) is 8.57. The van der Waals surface area contributed by atoms with Gasteiger partial charge in [0.15, 0.2) is 0 Å². The molecule has 1 aromatic heterocycles.